The number of aromatic nitrogens is 1. The van der Waals surface area contributed by atoms with Gasteiger partial charge in [0, 0.05) is 5.92 Å². The molecule has 4 nitrogen and oxygen atoms in total. The van der Waals surface area contributed by atoms with Gasteiger partial charge >= 0.3 is 0 Å². The van der Waals surface area contributed by atoms with Crippen molar-refractivity contribution in [2.75, 3.05) is 5.32 Å². The number of nitrogens with zero attached hydrogens (tertiary/aromatic N) is 1. The molecular formula is C14H14ClFN2O2. The lowest BCUT2D eigenvalue weighted by atomic mass is 10.0. The van der Waals surface area contributed by atoms with Crippen molar-refractivity contribution >= 4 is 23.2 Å². The van der Waals surface area contributed by atoms with Crippen LogP contribution in [0.5, 0.6) is 0 Å². The van der Waals surface area contributed by atoms with Gasteiger partial charge in [0.25, 0.3) is 5.91 Å². The molecule has 0 aliphatic rings. The SMILES string of the molecule is Cc1noc(C(C)C)c1C(=O)Nc1ccc(F)cc1Cl. The lowest BCUT2D eigenvalue weighted by Crippen LogP contribution is -2.15. The highest BCUT2D eigenvalue weighted by atomic mass is 35.5. The number of carbonyl (C=O) groups is 1. The van der Waals surface area contributed by atoms with Crippen molar-refractivity contribution in [3.63, 3.8) is 0 Å². The van der Waals surface area contributed by atoms with E-state index in [2.05, 4.69) is 10.5 Å². The maximum absolute atomic E-state index is 13.0. The quantitative estimate of drug-likeness (QED) is 0.925. The van der Waals surface area contributed by atoms with Crippen molar-refractivity contribution < 1.29 is 13.7 Å². The van der Waals surface area contributed by atoms with Crippen molar-refractivity contribution in [1.29, 1.82) is 0 Å². The fourth-order valence-electron chi connectivity index (χ4n) is 1.83. The minimum Gasteiger partial charge on any atom is -0.360 e. The Morgan fingerprint density at radius 2 is 2.15 bits per heavy atom. The number of nitrogens with one attached hydrogen (secondary N) is 1. The lowest BCUT2D eigenvalue weighted by molar-refractivity contribution is 0.102. The van der Waals surface area contributed by atoms with E-state index in [0.717, 1.165) is 6.07 Å². The molecule has 6 heteroatoms. The van der Waals surface area contributed by atoms with E-state index in [1.54, 1.807) is 6.92 Å². The van der Waals surface area contributed by atoms with Gasteiger partial charge in [-0.1, -0.05) is 30.6 Å². The number of hydrogen-bond donors (Lipinski definition) is 1. The summed E-state index contributed by atoms with van der Waals surface area (Å²) >= 11 is 5.88. The minimum atomic E-state index is -0.461. The molecule has 0 aliphatic carbocycles. The Kier molecular flexibility index (Phi) is 4.09. The summed E-state index contributed by atoms with van der Waals surface area (Å²) in [6.45, 7) is 5.50. The van der Waals surface area contributed by atoms with Crippen LogP contribution in [0.15, 0.2) is 22.7 Å². The van der Waals surface area contributed by atoms with Gasteiger partial charge in [0.2, 0.25) is 0 Å². The Morgan fingerprint density at radius 3 is 2.75 bits per heavy atom. The normalized spacial score (nSPS) is 10.9. The molecule has 1 N–H and O–H groups in total. The third-order valence-corrected chi connectivity index (χ3v) is 3.13. The Balaban J connectivity index is 2.31. The number of halogens is 2. The molecule has 0 atom stereocenters. The van der Waals surface area contributed by atoms with E-state index < -0.39 is 5.82 Å². The average molecular weight is 297 g/mol. The fourth-order valence-corrected chi connectivity index (χ4v) is 2.05. The molecule has 1 heterocycles. The van der Waals surface area contributed by atoms with Gasteiger partial charge in [-0.3, -0.25) is 4.79 Å². The molecule has 2 rings (SSSR count). The second-order valence-electron chi connectivity index (χ2n) is 4.74. The maximum atomic E-state index is 13.0. The number of benzene rings is 1. The van der Waals surface area contributed by atoms with E-state index in [-0.39, 0.29) is 16.8 Å². The summed E-state index contributed by atoms with van der Waals surface area (Å²) in [7, 11) is 0. The molecule has 0 radical (unpaired) electrons. The van der Waals surface area contributed by atoms with Gasteiger partial charge < -0.3 is 9.84 Å². The van der Waals surface area contributed by atoms with Crippen LogP contribution in [0.3, 0.4) is 0 Å². The first-order valence-corrected chi connectivity index (χ1v) is 6.50. The van der Waals surface area contributed by atoms with Crippen LogP contribution in [0.4, 0.5) is 10.1 Å². The summed E-state index contributed by atoms with van der Waals surface area (Å²) in [5.74, 6) is -0.295. The molecule has 106 valence electrons. The van der Waals surface area contributed by atoms with Gasteiger partial charge in [-0.25, -0.2) is 4.39 Å². The first-order valence-electron chi connectivity index (χ1n) is 6.12. The first-order chi connectivity index (χ1) is 9.40. The van der Waals surface area contributed by atoms with Gasteiger partial charge in [-0.15, -0.1) is 0 Å². The highest BCUT2D eigenvalue weighted by Crippen LogP contribution is 2.26. The maximum Gasteiger partial charge on any atom is 0.261 e. The first kappa shape index (κ1) is 14.5. The van der Waals surface area contributed by atoms with Crippen LogP contribution in [0.1, 0.15) is 41.6 Å². The Labute approximate surface area is 120 Å². The van der Waals surface area contributed by atoms with Crippen molar-refractivity contribution in [2.45, 2.75) is 26.7 Å². The number of carbonyl (C=O) groups excluding carboxylic acids is 1. The highest BCUT2D eigenvalue weighted by molar-refractivity contribution is 6.33. The number of amides is 1. The molecule has 2 aromatic rings. The second kappa shape index (κ2) is 5.63. The van der Waals surface area contributed by atoms with Crippen LogP contribution >= 0.6 is 11.6 Å². The van der Waals surface area contributed by atoms with Gasteiger partial charge in [-0.2, -0.15) is 0 Å². The largest absolute Gasteiger partial charge is 0.360 e. The van der Waals surface area contributed by atoms with Crippen LogP contribution in [-0.4, -0.2) is 11.1 Å². The summed E-state index contributed by atoms with van der Waals surface area (Å²) in [5, 5.41) is 6.58. The highest BCUT2D eigenvalue weighted by Gasteiger charge is 2.23. The van der Waals surface area contributed by atoms with E-state index in [9.17, 15) is 9.18 Å². The molecule has 20 heavy (non-hydrogen) atoms. The average Bonchev–Trinajstić information content (AvgIpc) is 2.75. The smallest absolute Gasteiger partial charge is 0.261 e. The molecule has 1 aromatic carbocycles. The summed E-state index contributed by atoms with van der Waals surface area (Å²) in [6, 6.07) is 3.78. The third-order valence-electron chi connectivity index (χ3n) is 2.82. The van der Waals surface area contributed by atoms with Gasteiger partial charge in [0.15, 0.2) is 5.76 Å². The molecule has 0 bridgehead atoms. The standard InChI is InChI=1S/C14H14ClFN2O2/c1-7(2)13-12(8(3)18-20-13)14(19)17-11-5-4-9(16)6-10(11)15/h4-7H,1-3H3,(H,17,19). The van der Waals surface area contributed by atoms with E-state index >= 15 is 0 Å². The number of aryl methyl sites for hydroxylation is 1. The molecular weight excluding hydrogens is 283 g/mol. The molecule has 1 amide bonds. The Morgan fingerprint density at radius 1 is 1.45 bits per heavy atom. The fraction of sp³-hybridized carbons (Fsp3) is 0.286. The molecule has 0 fully saturated rings. The minimum absolute atomic E-state index is 0.0284. The molecule has 0 unspecified atom stereocenters. The summed E-state index contributed by atoms with van der Waals surface area (Å²) in [5.41, 5.74) is 1.23. The zero-order valence-corrected chi connectivity index (χ0v) is 12.1. The molecule has 0 spiro atoms. The summed E-state index contributed by atoms with van der Waals surface area (Å²) in [4.78, 5) is 12.3. The summed E-state index contributed by atoms with van der Waals surface area (Å²) in [6.07, 6.45) is 0. The molecule has 0 saturated carbocycles. The number of rotatable bonds is 3. The Hall–Kier alpha value is -1.88. The summed E-state index contributed by atoms with van der Waals surface area (Å²) < 4.78 is 18.1. The van der Waals surface area contributed by atoms with Gasteiger partial charge in [0.05, 0.1) is 16.4 Å². The molecule has 1 aromatic heterocycles. The van der Waals surface area contributed by atoms with Crippen molar-refractivity contribution in [2.24, 2.45) is 0 Å². The molecule has 0 saturated heterocycles. The Bertz CT molecular complexity index is 653. The second-order valence-corrected chi connectivity index (χ2v) is 5.15. The van der Waals surface area contributed by atoms with E-state index in [1.807, 2.05) is 13.8 Å². The monoisotopic (exact) mass is 296 g/mol. The number of hydrogen-bond acceptors (Lipinski definition) is 3. The lowest BCUT2D eigenvalue weighted by Gasteiger charge is -2.08. The zero-order chi connectivity index (χ0) is 14.9. The predicted molar refractivity (Wildman–Crippen MR) is 74.7 cm³/mol. The van der Waals surface area contributed by atoms with E-state index in [4.69, 9.17) is 16.1 Å². The zero-order valence-electron chi connectivity index (χ0n) is 11.3. The third kappa shape index (κ3) is 2.82. The van der Waals surface area contributed by atoms with E-state index in [0.29, 0.717) is 22.7 Å². The van der Waals surface area contributed by atoms with Gasteiger partial charge in [-0.05, 0) is 25.1 Å². The number of anilines is 1. The van der Waals surface area contributed by atoms with Crippen molar-refractivity contribution in [1.82, 2.24) is 5.16 Å². The van der Waals surface area contributed by atoms with Crippen LogP contribution in [0.2, 0.25) is 5.02 Å². The van der Waals surface area contributed by atoms with Crippen LogP contribution < -0.4 is 5.32 Å². The van der Waals surface area contributed by atoms with Crippen LogP contribution in [-0.2, 0) is 0 Å². The van der Waals surface area contributed by atoms with Crippen molar-refractivity contribution in [3.8, 4) is 0 Å². The topological polar surface area (TPSA) is 55.1 Å². The predicted octanol–water partition coefficient (Wildman–Crippen LogP) is 4.15. The van der Waals surface area contributed by atoms with Crippen molar-refractivity contribution in [3.05, 3.63) is 46.1 Å². The van der Waals surface area contributed by atoms with Crippen LogP contribution in [0, 0.1) is 12.7 Å². The molecule has 0 aliphatic heterocycles. The van der Waals surface area contributed by atoms with Gasteiger partial charge in [0.1, 0.15) is 11.4 Å². The van der Waals surface area contributed by atoms with Crippen LogP contribution in [0.25, 0.3) is 0 Å². The van der Waals surface area contributed by atoms with E-state index in [1.165, 1.54) is 12.1 Å².